The molecular weight excluding hydrogens is 214 g/mol. The smallest absolute Gasteiger partial charge is 0.126 e. The van der Waals surface area contributed by atoms with Crippen LogP contribution in [0, 0.1) is 0 Å². The summed E-state index contributed by atoms with van der Waals surface area (Å²) < 4.78 is 4.10. The number of imidazole rings is 2. The molecule has 0 bridgehead atoms. The Kier molecular flexibility index (Phi) is 3.58. The van der Waals surface area contributed by atoms with Gasteiger partial charge in [-0.3, -0.25) is 0 Å². The molecule has 0 aliphatic heterocycles. The number of nitrogens with zero attached hydrogens (tertiary/aromatic N) is 4. The molecule has 1 N–H and O–H groups in total. The van der Waals surface area contributed by atoms with Crippen LogP contribution in [-0.4, -0.2) is 25.6 Å². The van der Waals surface area contributed by atoms with Gasteiger partial charge in [0.05, 0.1) is 6.04 Å². The second-order valence-corrected chi connectivity index (χ2v) is 4.17. The van der Waals surface area contributed by atoms with Gasteiger partial charge in [0.2, 0.25) is 0 Å². The summed E-state index contributed by atoms with van der Waals surface area (Å²) in [6.45, 7) is 3.02. The summed E-state index contributed by atoms with van der Waals surface area (Å²) in [5.41, 5.74) is 0. The van der Waals surface area contributed by atoms with Crippen LogP contribution < -0.4 is 5.32 Å². The van der Waals surface area contributed by atoms with Crippen LogP contribution in [0.3, 0.4) is 0 Å². The molecule has 5 nitrogen and oxygen atoms in total. The summed E-state index contributed by atoms with van der Waals surface area (Å²) in [5.74, 6) is 2.12. The zero-order valence-corrected chi connectivity index (χ0v) is 10.6. The van der Waals surface area contributed by atoms with Crippen molar-refractivity contribution in [3.8, 4) is 0 Å². The van der Waals surface area contributed by atoms with Gasteiger partial charge in [-0.1, -0.05) is 6.92 Å². The summed E-state index contributed by atoms with van der Waals surface area (Å²) in [6.07, 6.45) is 8.45. The molecule has 2 aromatic heterocycles. The molecule has 0 fully saturated rings. The van der Waals surface area contributed by atoms with E-state index in [1.165, 1.54) is 0 Å². The van der Waals surface area contributed by atoms with E-state index in [1.807, 2.05) is 43.4 Å². The molecule has 0 amide bonds. The van der Waals surface area contributed by atoms with E-state index in [9.17, 15) is 0 Å². The predicted molar refractivity (Wildman–Crippen MR) is 66.5 cm³/mol. The van der Waals surface area contributed by atoms with Crippen molar-refractivity contribution >= 4 is 0 Å². The Morgan fingerprint density at radius 1 is 1.18 bits per heavy atom. The second-order valence-electron chi connectivity index (χ2n) is 4.17. The van der Waals surface area contributed by atoms with Gasteiger partial charge in [0.1, 0.15) is 11.6 Å². The number of aryl methyl sites for hydroxylation is 2. The number of aromatic nitrogens is 4. The summed E-state index contributed by atoms with van der Waals surface area (Å²) in [5, 5.41) is 3.45. The maximum atomic E-state index is 4.41. The molecule has 0 saturated carbocycles. The van der Waals surface area contributed by atoms with Crippen LogP contribution in [0.5, 0.6) is 0 Å². The van der Waals surface area contributed by atoms with E-state index in [0.29, 0.717) is 0 Å². The Morgan fingerprint density at radius 3 is 2.41 bits per heavy atom. The van der Waals surface area contributed by atoms with E-state index in [4.69, 9.17) is 0 Å². The zero-order valence-electron chi connectivity index (χ0n) is 10.6. The molecule has 2 heterocycles. The minimum absolute atomic E-state index is 0.209. The molecule has 1 unspecified atom stereocenters. The highest BCUT2D eigenvalue weighted by Crippen LogP contribution is 2.15. The van der Waals surface area contributed by atoms with Crippen molar-refractivity contribution in [3.63, 3.8) is 0 Å². The van der Waals surface area contributed by atoms with Crippen LogP contribution in [0.2, 0.25) is 0 Å². The number of nitrogens with one attached hydrogen (secondary N) is 1. The molecular formula is C12H19N5. The first-order valence-corrected chi connectivity index (χ1v) is 5.89. The third-order valence-corrected chi connectivity index (χ3v) is 2.93. The highest BCUT2D eigenvalue weighted by Gasteiger charge is 2.17. The number of rotatable bonds is 5. The SMILES string of the molecule is CCNC(Cc1nccn1C)c1nccn1C. The van der Waals surface area contributed by atoms with Crippen LogP contribution in [-0.2, 0) is 20.5 Å². The average molecular weight is 233 g/mol. The first-order chi connectivity index (χ1) is 8.22. The lowest BCUT2D eigenvalue weighted by Gasteiger charge is -2.17. The number of likely N-dealkylation sites (N-methyl/N-ethyl adjacent to an activating group) is 1. The molecule has 2 rings (SSSR count). The minimum atomic E-state index is 0.209. The van der Waals surface area contributed by atoms with Crippen molar-refractivity contribution in [1.29, 1.82) is 0 Å². The molecule has 0 saturated heterocycles. The molecule has 2 aromatic rings. The molecule has 17 heavy (non-hydrogen) atoms. The normalized spacial score (nSPS) is 12.9. The maximum Gasteiger partial charge on any atom is 0.126 e. The Balaban J connectivity index is 2.19. The van der Waals surface area contributed by atoms with E-state index < -0.39 is 0 Å². The van der Waals surface area contributed by atoms with Gasteiger partial charge in [-0.15, -0.1) is 0 Å². The van der Waals surface area contributed by atoms with Crippen molar-refractivity contribution in [2.45, 2.75) is 19.4 Å². The Bertz CT molecular complexity index is 471. The van der Waals surface area contributed by atoms with Gasteiger partial charge in [0.15, 0.2) is 0 Å². The fourth-order valence-corrected chi connectivity index (χ4v) is 1.99. The second kappa shape index (κ2) is 5.14. The highest BCUT2D eigenvalue weighted by atomic mass is 15.1. The monoisotopic (exact) mass is 233 g/mol. The van der Waals surface area contributed by atoms with Crippen molar-refractivity contribution in [3.05, 3.63) is 36.4 Å². The molecule has 92 valence electrons. The zero-order chi connectivity index (χ0) is 12.3. The van der Waals surface area contributed by atoms with Crippen LogP contribution in [0.15, 0.2) is 24.8 Å². The molecule has 1 atom stereocenters. The minimum Gasteiger partial charge on any atom is -0.338 e. The van der Waals surface area contributed by atoms with E-state index >= 15 is 0 Å². The maximum absolute atomic E-state index is 4.41. The van der Waals surface area contributed by atoms with Crippen LogP contribution in [0.1, 0.15) is 24.6 Å². The van der Waals surface area contributed by atoms with Gasteiger partial charge >= 0.3 is 0 Å². The molecule has 0 aliphatic carbocycles. The van der Waals surface area contributed by atoms with Crippen molar-refractivity contribution in [1.82, 2.24) is 24.4 Å². The van der Waals surface area contributed by atoms with Gasteiger partial charge < -0.3 is 14.5 Å². The van der Waals surface area contributed by atoms with Gasteiger partial charge in [-0.2, -0.15) is 0 Å². The molecule has 5 heteroatoms. The topological polar surface area (TPSA) is 47.7 Å². The predicted octanol–water partition coefficient (Wildman–Crippen LogP) is 1.05. The molecule has 0 aliphatic rings. The van der Waals surface area contributed by atoms with Gasteiger partial charge in [0.25, 0.3) is 0 Å². The van der Waals surface area contributed by atoms with E-state index in [1.54, 1.807) is 0 Å². The molecule has 0 spiro atoms. The Morgan fingerprint density at radius 2 is 1.88 bits per heavy atom. The molecule has 0 aromatic carbocycles. The van der Waals surface area contributed by atoms with Crippen LogP contribution in [0.25, 0.3) is 0 Å². The first kappa shape index (κ1) is 11.9. The fraction of sp³-hybridized carbons (Fsp3) is 0.500. The summed E-state index contributed by atoms with van der Waals surface area (Å²) in [4.78, 5) is 8.77. The lowest BCUT2D eigenvalue weighted by Crippen LogP contribution is -2.26. The number of hydrogen-bond acceptors (Lipinski definition) is 3. The summed E-state index contributed by atoms with van der Waals surface area (Å²) in [7, 11) is 4.04. The first-order valence-electron chi connectivity index (χ1n) is 5.89. The van der Waals surface area contributed by atoms with Gasteiger partial charge in [0, 0.05) is 45.3 Å². The van der Waals surface area contributed by atoms with Crippen molar-refractivity contribution in [2.75, 3.05) is 6.54 Å². The average Bonchev–Trinajstić information content (AvgIpc) is 2.88. The summed E-state index contributed by atoms with van der Waals surface area (Å²) >= 11 is 0. The molecule has 0 radical (unpaired) electrons. The Labute approximate surface area is 102 Å². The van der Waals surface area contributed by atoms with Crippen LogP contribution >= 0.6 is 0 Å². The summed E-state index contributed by atoms with van der Waals surface area (Å²) in [6, 6.07) is 0.209. The Hall–Kier alpha value is -1.62. The standard InChI is InChI=1S/C12H19N5/c1-4-13-10(12-15-6-8-17(12)3)9-11-14-5-7-16(11)2/h5-8,10,13H,4,9H2,1-3H3. The van der Waals surface area contributed by atoms with Gasteiger partial charge in [-0.05, 0) is 6.54 Å². The lowest BCUT2D eigenvalue weighted by atomic mass is 10.2. The van der Waals surface area contributed by atoms with E-state index in [-0.39, 0.29) is 6.04 Å². The largest absolute Gasteiger partial charge is 0.338 e. The fourth-order valence-electron chi connectivity index (χ4n) is 1.99. The van der Waals surface area contributed by atoms with Gasteiger partial charge in [-0.25, -0.2) is 9.97 Å². The van der Waals surface area contributed by atoms with E-state index in [0.717, 1.165) is 24.6 Å². The number of hydrogen-bond donors (Lipinski definition) is 1. The van der Waals surface area contributed by atoms with Crippen molar-refractivity contribution < 1.29 is 0 Å². The highest BCUT2D eigenvalue weighted by molar-refractivity contribution is 5.04. The quantitative estimate of drug-likeness (QED) is 0.839. The third-order valence-electron chi connectivity index (χ3n) is 2.93. The lowest BCUT2D eigenvalue weighted by molar-refractivity contribution is 0.491. The van der Waals surface area contributed by atoms with Crippen LogP contribution in [0.4, 0.5) is 0 Å². The third kappa shape index (κ3) is 2.55. The van der Waals surface area contributed by atoms with Crippen molar-refractivity contribution in [2.24, 2.45) is 14.1 Å². The van der Waals surface area contributed by atoms with E-state index in [2.05, 4.69) is 26.8 Å².